The van der Waals surface area contributed by atoms with E-state index in [0.29, 0.717) is 38.4 Å². The minimum absolute atomic E-state index is 0.0567. The highest BCUT2D eigenvalue weighted by atomic mass is 32.2. The maximum absolute atomic E-state index is 12.7. The zero-order valence-electron chi connectivity index (χ0n) is 25.9. The Hall–Kier alpha value is -4.56. The van der Waals surface area contributed by atoms with Crippen molar-refractivity contribution < 1.29 is 33.3 Å². The molecule has 0 radical (unpaired) electrons. The van der Waals surface area contributed by atoms with E-state index in [9.17, 15) is 14.4 Å². The Bertz CT molecular complexity index is 1470. The number of unbranched alkanes of at least 4 members (excludes halogenated alkanes) is 2. The molecule has 0 saturated heterocycles. The van der Waals surface area contributed by atoms with Crippen LogP contribution in [-0.4, -0.2) is 43.5 Å². The van der Waals surface area contributed by atoms with Gasteiger partial charge in [0.05, 0.1) is 26.4 Å². The third-order valence-corrected chi connectivity index (χ3v) is 7.49. The van der Waals surface area contributed by atoms with Gasteiger partial charge in [0.2, 0.25) is 5.12 Å². The Kier molecular flexibility index (Phi) is 14.7. The molecule has 8 heteroatoms. The number of ether oxygens (including phenoxy) is 4. The number of benzene rings is 3. The molecular formula is C37H40O7S. The summed E-state index contributed by atoms with van der Waals surface area (Å²) in [5.41, 5.74) is 4.44. The predicted molar refractivity (Wildman–Crippen MR) is 179 cm³/mol. The topological polar surface area (TPSA) is 88.1 Å². The first kappa shape index (κ1) is 34.9. The lowest BCUT2D eigenvalue weighted by Gasteiger charge is -2.10. The molecule has 0 aliphatic heterocycles. The summed E-state index contributed by atoms with van der Waals surface area (Å²) in [6.45, 7) is 12.3. The lowest BCUT2D eigenvalue weighted by atomic mass is 10.0. The SMILES string of the molecule is C=CC(=O)OCCCCOc1ccc(/C=C/C(=O)Sc2ccc(-c3ccc(OCCCCOC(=O)C(=C)C)cc3)cc2C)cc1. The number of esters is 2. The predicted octanol–water partition coefficient (Wildman–Crippen LogP) is 8.16. The van der Waals surface area contributed by atoms with E-state index in [4.69, 9.17) is 18.9 Å². The summed E-state index contributed by atoms with van der Waals surface area (Å²) >= 11 is 1.20. The maximum Gasteiger partial charge on any atom is 0.333 e. The van der Waals surface area contributed by atoms with E-state index in [-0.39, 0.29) is 11.1 Å². The smallest absolute Gasteiger partial charge is 0.333 e. The third kappa shape index (κ3) is 12.9. The second-order valence-corrected chi connectivity index (χ2v) is 11.3. The second kappa shape index (κ2) is 19.0. The molecular weight excluding hydrogens is 588 g/mol. The lowest BCUT2D eigenvalue weighted by molar-refractivity contribution is -0.139. The molecule has 3 rings (SSSR count). The van der Waals surface area contributed by atoms with Gasteiger partial charge in [-0.05, 0) is 110 Å². The van der Waals surface area contributed by atoms with Gasteiger partial charge in [0.25, 0.3) is 0 Å². The molecule has 0 unspecified atom stereocenters. The average Bonchev–Trinajstić information content (AvgIpc) is 3.04. The molecule has 3 aromatic carbocycles. The average molecular weight is 629 g/mol. The van der Waals surface area contributed by atoms with Gasteiger partial charge in [-0.3, -0.25) is 4.79 Å². The van der Waals surface area contributed by atoms with E-state index >= 15 is 0 Å². The van der Waals surface area contributed by atoms with Crippen molar-refractivity contribution in [1.82, 2.24) is 0 Å². The van der Waals surface area contributed by atoms with Crippen molar-refractivity contribution in [2.24, 2.45) is 0 Å². The van der Waals surface area contributed by atoms with Gasteiger partial charge in [0.15, 0.2) is 0 Å². The summed E-state index contributed by atoms with van der Waals surface area (Å²) in [7, 11) is 0. The summed E-state index contributed by atoms with van der Waals surface area (Å²) in [5, 5.41) is -0.0567. The largest absolute Gasteiger partial charge is 0.494 e. The Balaban J connectivity index is 1.40. The number of carbonyl (C=O) groups is 3. The molecule has 0 saturated carbocycles. The summed E-state index contributed by atoms with van der Waals surface area (Å²) in [6, 6.07) is 21.5. The molecule has 0 aliphatic carbocycles. The van der Waals surface area contributed by atoms with Crippen LogP contribution >= 0.6 is 11.8 Å². The zero-order valence-corrected chi connectivity index (χ0v) is 26.7. The summed E-state index contributed by atoms with van der Waals surface area (Å²) in [5.74, 6) is 0.741. The molecule has 0 aliphatic rings. The number of hydrogen-bond donors (Lipinski definition) is 0. The fraction of sp³-hybridized carbons (Fsp3) is 0.270. The van der Waals surface area contributed by atoms with Crippen LogP contribution in [0.4, 0.5) is 0 Å². The van der Waals surface area contributed by atoms with E-state index < -0.39 is 5.97 Å². The third-order valence-electron chi connectivity index (χ3n) is 6.47. The van der Waals surface area contributed by atoms with Crippen LogP contribution in [0.2, 0.25) is 0 Å². The van der Waals surface area contributed by atoms with Crippen LogP contribution in [0, 0.1) is 6.92 Å². The van der Waals surface area contributed by atoms with E-state index in [1.165, 1.54) is 11.8 Å². The molecule has 0 amide bonds. The van der Waals surface area contributed by atoms with Gasteiger partial charge in [-0.2, -0.15) is 0 Å². The molecule has 0 atom stereocenters. The van der Waals surface area contributed by atoms with Crippen molar-refractivity contribution in [1.29, 1.82) is 0 Å². The van der Waals surface area contributed by atoms with Gasteiger partial charge in [-0.15, -0.1) is 0 Å². The molecule has 7 nitrogen and oxygen atoms in total. The number of aryl methyl sites for hydroxylation is 1. The summed E-state index contributed by atoms with van der Waals surface area (Å²) in [6.07, 6.45) is 7.50. The maximum atomic E-state index is 12.7. The van der Waals surface area contributed by atoms with Crippen molar-refractivity contribution in [3.63, 3.8) is 0 Å². The standard InChI is InChI=1S/C37H40O7S/c1-5-35(38)43-24-8-6-22-41-32-16-10-29(11-17-32)12-21-36(39)45-34-20-15-31(26-28(34)4)30-13-18-33(19-14-30)42-23-7-9-25-44-37(40)27(2)3/h5,10-21,26H,1-2,6-9,22-25H2,3-4H3/b21-12+. The molecule has 0 bridgehead atoms. The van der Waals surface area contributed by atoms with Crippen LogP contribution in [-0.2, 0) is 23.9 Å². The fourth-order valence-electron chi connectivity index (χ4n) is 3.98. The molecule has 236 valence electrons. The number of thioether (sulfide) groups is 1. The first-order chi connectivity index (χ1) is 21.7. The molecule has 0 N–H and O–H groups in total. The van der Waals surface area contributed by atoms with E-state index in [0.717, 1.165) is 64.0 Å². The fourth-order valence-corrected chi connectivity index (χ4v) is 4.69. The number of hydrogen-bond acceptors (Lipinski definition) is 8. The number of rotatable bonds is 18. The van der Waals surface area contributed by atoms with Gasteiger partial charge in [-0.1, -0.05) is 55.6 Å². The van der Waals surface area contributed by atoms with Gasteiger partial charge < -0.3 is 18.9 Å². The summed E-state index contributed by atoms with van der Waals surface area (Å²) in [4.78, 5) is 36.0. The minimum atomic E-state index is -0.416. The monoisotopic (exact) mass is 628 g/mol. The molecule has 0 aromatic heterocycles. The quantitative estimate of drug-likeness (QED) is 0.0604. The highest BCUT2D eigenvalue weighted by Gasteiger charge is 2.08. The van der Waals surface area contributed by atoms with Crippen LogP contribution in [0.25, 0.3) is 17.2 Å². The van der Waals surface area contributed by atoms with E-state index in [2.05, 4.69) is 19.2 Å². The van der Waals surface area contributed by atoms with Crippen LogP contribution in [0.3, 0.4) is 0 Å². The van der Waals surface area contributed by atoms with Crippen molar-refractivity contribution in [2.75, 3.05) is 26.4 Å². The Morgan fingerprint density at radius 2 is 1.31 bits per heavy atom. The van der Waals surface area contributed by atoms with Crippen LogP contribution in [0.15, 0.2) is 103 Å². The Labute approximate surface area is 269 Å². The van der Waals surface area contributed by atoms with E-state index in [1.54, 1.807) is 19.1 Å². The van der Waals surface area contributed by atoms with Gasteiger partial charge in [-0.25, -0.2) is 9.59 Å². The van der Waals surface area contributed by atoms with Crippen LogP contribution < -0.4 is 9.47 Å². The van der Waals surface area contributed by atoms with Crippen molar-refractivity contribution >= 4 is 34.9 Å². The normalized spacial score (nSPS) is 10.7. The lowest BCUT2D eigenvalue weighted by Crippen LogP contribution is -2.07. The molecule has 45 heavy (non-hydrogen) atoms. The van der Waals surface area contributed by atoms with Crippen LogP contribution in [0.5, 0.6) is 11.5 Å². The second-order valence-electron chi connectivity index (χ2n) is 10.2. The highest BCUT2D eigenvalue weighted by molar-refractivity contribution is 8.14. The Morgan fingerprint density at radius 1 is 0.756 bits per heavy atom. The molecule has 0 heterocycles. The molecule has 0 spiro atoms. The molecule has 0 fully saturated rings. The summed E-state index contributed by atoms with van der Waals surface area (Å²) < 4.78 is 21.6. The van der Waals surface area contributed by atoms with Crippen LogP contribution in [0.1, 0.15) is 43.7 Å². The molecule has 3 aromatic rings. The van der Waals surface area contributed by atoms with Crippen molar-refractivity contribution in [2.45, 2.75) is 44.4 Å². The van der Waals surface area contributed by atoms with Gasteiger partial charge in [0, 0.05) is 16.5 Å². The Morgan fingerprint density at radius 3 is 1.89 bits per heavy atom. The highest BCUT2D eigenvalue weighted by Crippen LogP contribution is 2.30. The first-order valence-corrected chi connectivity index (χ1v) is 15.7. The van der Waals surface area contributed by atoms with Gasteiger partial charge >= 0.3 is 11.9 Å². The first-order valence-electron chi connectivity index (χ1n) is 14.8. The van der Waals surface area contributed by atoms with E-state index in [1.807, 2.05) is 67.6 Å². The van der Waals surface area contributed by atoms with Crippen molar-refractivity contribution in [3.05, 3.63) is 109 Å². The van der Waals surface area contributed by atoms with Crippen molar-refractivity contribution in [3.8, 4) is 22.6 Å². The zero-order chi connectivity index (χ0) is 32.4. The van der Waals surface area contributed by atoms with Gasteiger partial charge in [0.1, 0.15) is 11.5 Å². The number of carbonyl (C=O) groups excluding carboxylic acids is 3. The minimum Gasteiger partial charge on any atom is -0.494 e.